The van der Waals surface area contributed by atoms with Crippen molar-refractivity contribution in [1.82, 2.24) is 5.32 Å². The van der Waals surface area contributed by atoms with Crippen molar-refractivity contribution in [2.75, 3.05) is 23.3 Å². The molecule has 0 bridgehead atoms. The number of carbonyl (C=O) groups is 1. The molecule has 15 heavy (non-hydrogen) atoms. The van der Waals surface area contributed by atoms with Gasteiger partial charge in [0.2, 0.25) is 6.41 Å². The van der Waals surface area contributed by atoms with E-state index in [9.17, 15) is 4.79 Å². The standard InChI is InChI=1S/C10H11N3OS/c14-6-12-7-1-2-9-8(5-7)13-4-3-11-10(13)15-9/h1-2,5-6,10-11H,3-4H2,(H,12,14). The van der Waals surface area contributed by atoms with E-state index < -0.39 is 0 Å². The minimum atomic E-state index is 0.381. The van der Waals surface area contributed by atoms with E-state index in [-0.39, 0.29) is 0 Å². The predicted molar refractivity (Wildman–Crippen MR) is 61.1 cm³/mol. The molecule has 1 atom stereocenters. The molecule has 0 spiro atoms. The van der Waals surface area contributed by atoms with E-state index in [1.807, 2.05) is 23.9 Å². The molecule has 3 rings (SSSR count). The largest absolute Gasteiger partial charge is 0.345 e. The van der Waals surface area contributed by atoms with Gasteiger partial charge < -0.3 is 10.2 Å². The molecule has 1 aromatic rings. The van der Waals surface area contributed by atoms with E-state index in [4.69, 9.17) is 0 Å². The molecule has 78 valence electrons. The molecular formula is C10H11N3OS. The summed E-state index contributed by atoms with van der Waals surface area (Å²) in [4.78, 5) is 14.0. The summed E-state index contributed by atoms with van der Waals surface area (Å²) in [6, 6.07) is 6.03. The predicted octanol–water partition coefficient (Wildman–Crippen LogP) is 1.05. The summed E-state index contributed by atoms with van der Waals surface area (Å²) < 4.78 is 0. The summed E-state index contributed by atoms with van der Waals surface area (Å²) in [5.41, 5.74) is 2.46. The van der Waals surface area contributed by atoms with Crippen LogP contribution in [-0.4, -0.2) is 25.0 Å². The van der Waals surface area contributed by atoms with Crippen LogP contribution in [0.15, 0.2) is 23.1 Å². The van der Waals surface area contributed by atoms with Crippen LogP contribution in [0.3, 0.4) is 0 Å². The second-order valence-corrected chi connectivity index (χ2v) is 4.68. The Hall–Kier alpha value is -1.20. The number of benzene rings is 1. The first kappa shape index (κ1) is 9.06. The lowest BCUT2D eigenvalue weighted by Crippen LogP contribution is -2.28. The Morgan fingerprint density at radius 2 is 2.53 bits per heavy atom. The SMILES string of the molecule is O=CNc1ccc2c(c1)N1CCNC1S2. The Kier molecular flexibility index (Phi) is 2.07. The van der Waals surface area contributed by atoms with Crippen LogP contribution in [0.4, 0.5) is 11.4 Å². The fraction of sp³-hybridized carbons (Fsp3) is 0.300. The van der Waals surface area contributed by atoms with Crippen molar-refractivity contribution in [3.63, 3.8) is 0 Å². The fourth-order valence-corrected chi connectivity index (χ4v) is 3.24. The average Bonchev–Trinajstić information content (AvgIpc) is 2.78. The summed E-state index contributed by atoms with van der Waals surface area (Å²) in [7, 11) is 0. The van der Waals surface area contributed by atoms with Gasteiger partial charge in [-0.1, -0.05) is 11.8 Å². The lowest BCUT2D eigenvalue weighted by atomic mass is 10.2. The van der Waals surface area contributed by atoms with Crippen molar-refractivity contribution < 1.29 is 4.79 Å². The zero-order chi connectivity index (χ0) is 10.3. The smallest absolute Gasteiger partial charge is 0.211 e. The average molecular weight is 221 g/mol. The van der Waals surface area contributed by atoms with Crippen LogP contribution in [0, 0.1) is 0 Å². The first-order chi connectivity index (χ1) is 7.38. The molecule has 0 radical (unpaired) electrons. The van der Waals surface area contributed by atoms with Crippen LogP contribution in [0.5, 0.6) is 0 Å². The second-order valence-electron chi connectivity index (χ2n) is 3.56. The molecule has 1 saturated heterocycles. The van der Waals surface area contributed by atoms with Crippen LogP contribution < -0.4 is 15.5 Å². The van der Waals surface area contributed by atoms with Crippen molar-refractivity contribution in [3.05, 3.63) is 18.2 Å². The van der Waals surface area contributed by atoms with Crippen molar-refractivity contribution >= 4 is 29.5 Å². The Morgan fingerprint density at radius 3 is 3.40 bits per heavy atom. The van der Waals surface area contributed by atoms with E-state index >= 15 is 0 Å². The van der Waals surface area contributed by atoms with E-state index in [0.717, 1.165) is 18.8 Å². The van der Waals surface area contributed by atoms with Gasteiger partial charge in [0, 0.05) is 23.7 Å². The molecule has 1 amide bonds. The van der Waals surface area contributed by atoms with Crippen LogP contribution >= 0.6 is 11.8 Å². The van der Waals surface area contributed by atoms with Gasteiger partial charge in [-0.25, -0.2) is 0 Å². The first-order valence-corrected chi connectivity index (χ1v) is 5.77. The minimum Gasteiger partial charge on any atom is -0.345 e. The highest BCUT2D eigenvalue weighted by molar-refractivity contribution is 8.00. The lowest BCUT2D eigenvalue weighted by Gasteiger charge is -2.16. The van der Waals surface area contributed by atoms with Gasteiger partial charge in [-0.15, -0.1) is 0 Å². The third kappa shape index (κ3) is 1.39. The maximum Gasteiger partial charge on any atom is 0.211 e. The zero-order valence-electron chi connectivity index (χ0n) is 8.06. The molecule has 0 saturated carbocycles. The number of hydrogen-bond acceptors (Lipinski definition) is 4. The molecular weight excluding hydrogens is 210 g/mol. The summed E-state index contributed by atoms with van der Waals surface area (Å²) in [6.45, 7) is 2.07. The summed E-state index contributed by atoms with van der Waals surface area (Å²) in [5, 5.41) is 6.10. The highest BCUT2D eigenvalue weighted by Gasteiger charge is 2.33. The second kappa shape index (κ2) is 3.43. The van der Waals surface area contributed by atoms with E-state index in [1.54, 1.807) is 0 Å². The van der Waals surface area contributed by atoms with Crippen molar-refractivity contribution in [2.24, 2.45) is 0 Å². The van der Waals surface area contributed by atoms with Gasteiger partial charge in [0.15, 0.2) is 0 Å². The normalized spacial score (nSPS) is 22.4. The molecule has 0 aliphatic carbocycles. The Balaban J connectivity index is 1.97. The number of nitrogens with one attached hydrogen (secondary N) is 2. The highest BCUT2D eigenvalue weighted by atomic mass is 32.2. The number of thioether (sulfide) groups is 1. The van der Waals surface area contributed by atoms with Crippen molar-refractivity contribution in [1.29, 1.82) is 0 Å². The fourth-order valence-electron chi connectivity index (χ4n) is 2.01. The number of nitrogens with zero attached hydrogens (tertiary/aromatic N) is 1. The number of amides is 1. The maximum absolute atomic E-state index is 10.4. The molecule has 1 fully saturated rings. The summed E-state index contributed by atoms with van der Waals surface area (Å²) >= 11 is 1.83. The van der Waals surface area contributed by atoms with Crippen molar-refractivity contribution in [3.8, 4) is 0 Å². The number of rotatable bonds is 2. The number of fused-ring (bicyclic) bond motifs is 3. The van der Waals surface area contributed by atoms with Gasteiger partial charge >= 0.3 is 0 Å². The summed E-state index contributed by atoms with van der Waals surface area (Å²) in [6.07, 6.45) is 0.712. The third-order valence-electron chi connectivity index (χ3n) is 2.69. The van der Waals surface area contributed by atoms with Gasteiger partial charge in [0.1, 0.15) is 5.50 Å². The number of anilines is 2. The van der Waals surface area contributed by atoms with Gasteiger partial charge in [0.05, 0.1) is 5.69 Å². The number of carbonyl (C=O) groups excluding carboxylic acids is 1. The number of hydrogen-bond donors (Lipinski definition) is 2. The van der Waals surface area contributed by atoms with E-state index in [1.165, 1.54) is 10.6 Å². The molecule has 0 aromatic heterocycles. The highest BCUT2D eigenvalue weighted by Crippen LogP contribution is 2.44. The lowest BCUT2D eigenvalue weighted by molar-refractivity contribution is -0.105. The van der Waals surface area contributed by atoms with Crippen LogP contribution in [0.1, 0.15) is 0 Å². The molecule has 2 aliphatic rings. The third-order valence-corrected chi connectivity index (χ3v) is 3.93. The summed E-state index contributed by atoms with van der Waals surface area (Å²) in [5.74, 6) is 0. The minimum absolute atomic E-state index is 0.381. The molecule has 1 aromatic carbocycles. The maximum atomic E-state index is 10.4. The first-order valence-electron chi connectivity index (χ1n) is 4.89. The van der Waals surface area contributed by atoms with Crippen LogP contribution in [-0.2, 0) is 4.79 Å². The van der Waals surface area contributed by atoms with Crippen LogP contribution in [0.2, 0.25) is 0 Å². The zero-order valence-corrected chi connectivity index (χ0v) is 8.88. The van der Waals surface area contributed by atoms with Gasteiger partial charge in [-0.3, -0.25) is 10.1 Å². The molecule has 1 unspecified atom stereocenters. The van der Waals surface area contributed by atoms with E-state index in [2.05, 4.69) is 21.6 Å². The Morgan fingerprint density at radius 1 is 1.60 bits per heavy atom. The van der Waals surface area contributed by atoms with Gasteiger partial charge in [-0.05, 0) is 18.2 Å². The molecule has 2 aliphatic heterocycles. The molecule has 5 heteroatoms. The molecule has 4 nitrogen and oxygen atoms in total. The topological polar surface area (TPSA) is 44.4 Å². The Labute approximate surface area is 92.0 Å². The quantitative estimate of drug-likeness (QED) is 0.733. The molecule has 2 N–H and O–H groups in total. The van der Waals surface area contributed by atoms with Gasteiger partial charge in [-0.2, -0.15) is 0 Å². The Bertz CT molecular complexity index is 410. The van der Waals surface area contributed by atoms with Gasteiger partial charge in [0.25, 0.3) is 0 Å². The van der Waals surface area contributed by atoms with E-state index in [0.29, 0.717) is 11.9 Å². The molecule has 2 heterocycles. The van der Waals surface area contributed by atoms with Crippen molar-refractivity contribution in [2.45, 2.75) is 10.4 Å². The van der Waals surface area contributed by atoms with Crippen LogP contribution in [0.25, 0.3) is 0 Å². The monoisotopic (exact) mass is 221 g/mol.